The summed E-state index contributed by atoms with van der Waals surface area (Å²) in [5.41, 5.74) is 2.89. The summed E-state index contributed by atoms with van der Waals surface area (Å²) in [7, 11) is -3.57. The third-order valence-corrected chi connectivity index (χ3v) is 7.54. The Bertz CT molecular complexity index is 1020. The normalized spacial score (nSPS) is 16.5. The summed E-state index contributed by atoms with van der Waals surface area (Å²) in [6.45, 7) is 2.39. The summed E-state index contributed by atoms with van der Waals surface area (Å²) in [5, 5.41) is 0.0776. The van der Waals surface area contributed by atoms with Gasteiger partial charge in [-0.15, -0.1) is 11.8 Å². The zero-order valence-electron chi connectivity index (χ0n) is 14.4. The van der Waals surface area contributed by atoms with E-state index < -0.39 is 10.0 Å². The molecule has 3 aromatic carbocycles. The molecule has 3 nitrogen and oxygen atoms in total. The van der Waals surface area contributed by atoms with Gasteiger partial charge in [-0.25, -0.2) is 8.42 Å². The van der Waals surface area contributed by atoms with Gasteiger partial charge in [0.05, 0.1) is 22.4 Å². The number of thioether (sulfide) groups is 1. The highest BCUT2D eigenvalue weighted by Crippen LogP contribution is 2.47. The van der Waals surface area contributed by atoms with E-state index in [2.05, 4.69) is 12.1 Å². The molecule has 0 saturated carbocycles. The highest BCUT2D eigenvalue weighted by Gasteiger charge is 2.36. The maximum Gasteiger partial charge on any atom is 0.264 e. The lowest BCUT2D eigenvalue weighted by atomic mass is 10.2. The second-order valence-corrected chi connectivity index (χ2v) is 9.47. The minimum absolute atomic E-state index is 0.0776. The first-order valence-electron chi connectivity index (χ1n) is 8.46. The lowest BCUT2D eigenvalue weighted by molar-refractivity contribution is 0.592. The van der Waals surface area contributed by atoms with Crippen molar-refractivity contribution in [3.63, 3.8) is 0 Å². The third kappa shape index (κ3) is 3.13. The molecule has 1 aliphatic heterocycles. The molecule has 0 bridgehead atoms. The number of aryl methyl sites for hydroxylation is 1. The van der Waals surface area contributed by atoms with E-state index >= 15 is 0 Å². The minimum Gasteiger partial charge on any atom is -0.265 e. The molecule has 26 heavy (non-hydrogen) atoms. The first-order chi connectivity index (χ1) is 12.6. The molecule has 0 aromatic heterocycles. The Balaban J connectivity index is 1.71. The number of nitrogens with zero attached hydrogens (tertiary/aromatic N) is 1. The SMILES string of the molecule is Cc1ccc(S(=O)(=O)N2CC(Sc3ccccc3)c3ccccc32)cc1. The summed E-state index contributed by atoms with van der Waals surface area (Å²) in [5.74, 6) is 0. The van der Waals surface area contributed by atoms with E-state index in [0.29, 0.717) is 11.4 Å². The quantitative estimate of drug-likeness (QED) is 0.635. The van der Waals surface area contributed by atoms with Gasteiger partial charge in [-0.3, -0.25) is 4.31 Å². The molecule has 0 saturated heterocycles. The van der Waals surface area contributed by atoms with Crippen LogP contribution in [0.5, 0.6) is 0 Å². The van der Waals surface area contributed by atoms with E-state index in [9.17, 15) is 8.42 Å². The zero-order chi connectivity index (χ0) is 18.1. The fourth-order valence-corrected chi connectivity index (χ4v) is 5.96. The Morgan fingerprint density at radius 1 is 0.885 bits per heavy atom. The van der Waals surface area contributed by atoms with Crippen LogP contribution in [-0.4, -0.2) is 15.0 Å². The van der Waals surface area contributed by atoms with Crippen molar-refractivity contribution in [2.45, 2.75) is 22.0 Å². The van der Waals surface area contributed by atoms with Crippen LogP contribution in [0.1, 0.15) is 16.4 Å². The van der Waals surface area contributed by atoms with Gasteiger partial charge in [-0.05, 0) is 42.8 Å². The summed E-state index contributed by atoms with van der Waals surface area (Å²) < 4.78 is 28.0. The highest BCUT2D eigenvalue weighted by molar-refractivity contribution is 7.99. The standard InChI is InChI=1S/C21H19NO2S2/c1-16-11-13-18(14-12-16)26(23,24)22-15-21(19-9-5-6-10-20(19)22)25-17-7-3-2-4-8-17/h2-14,21H,15H2,1H3. The molecule has 5 heteroatoms. The minimum atomic E-state index is -3.57. The van der Waals surface area contributed by atoms with Crippen molar-refractivity contribution < 1.29 is 8.42 Å². The molecule has 132 valence electrons. The molecular weight excluding hydrogens is 362 g/mol. The van der Waals surface area contributed by atoms with Gasteiger partial charge in [0.25, 0.3) is 10.0 Å². The van der Waals surface area contributed by atoms with Crippen LogP contribution >= 0.6 is 11.8 Å². The van der Waals surface area contributed by atoms with Crippen molar-refractivity contribution in [3.05, 3.63) is 90.0 Å². The summed E-state index contributed by atoms with van der Waals surface area (Å²) in [6, 6.07) is 25.0. The highest BCUT2D eigenvalue weighted by atomic mass is 32.2. The van der Waals surface area contributed by atoms with Crippen LogP contribution in [-0.2, 0) is 10.0 Å². The van der Waals surface area contributed by atoms with Crippen LogP contribution in [0.2, 0.25) is 0 Å². The molecule has 0 fully saturated rings. The number of hydrogen-bond donors (Lipinski definition) is 0. The summed E-state index contributed by atoms with van der Waals surface area (Å²) in [6.07, 6.45) is 0. The third-order valence-electron chi connectivity index (χ3n) is 4.51. The molecule has 1 atom stereocenters. The van der Waals surface area contributed by atoms with Crippen molar-refractivity contribution >= 4 is 27.5 Å². The molecule has 3 aromatic rings. The van der Waals surface area contributed by atoms with Crippen molar-refractivity contribution in [2.75, 3.05) is 10.8 Å². The summed E-state index contributed by atoms with van der Waals surface area (Å²) in [4.78, 5) is 1.48. The van der Waals surface area contributed by atoms with Gasteiger partial charge in [0.1, 0.15) is 0 Å². The second kappa shape index (κ2) is 6.82. The first kappa shape index (κ1) is 17.2. The Hall–Kier alpha value is -2.24. The number of fused-ring (bicyclic) bond motifs is 1. The fraction of sp³-hybridized carbons (Fsp3) is 0.143. The molecule has 1 aliphatic rings. The van der Waals surface area contributed by atoms with Gasteiger partial charge in [-0.2, -0.15) is 0 Å². The van der Waals surface area contributed by atoms with Gasteiger partial charge in [-0.1, -0.05) is 54.1 Å². The smallest absolute Gasteiger partial charge is 0.264 e. The van der Waals surface area contributed by atoms with E-state index in [0.717, 1.165) is 21.7 Å². The van der Waals surface area contributed by atoms with Gasteiger partial charge >= 0.3 is 0 Å². The Morgan fingerprint density at radius 2 is 1.54 bits per heavy atom. The van der Waals surface area contributed by atoms with E-state index in [1.54, 1.807) is 28.2 Å². The van der Waals surface area contributed by atoms with Gasteiger partial charge < -0.3 is 0 Å². The van der Waals surface area contributed by atoms with E-state index in [4.69, 9.17) is 0 Å². The topological polar surface area (TPSA) is 37.4 Å². The van der Waals surface area contributed by atoms with Gasteiger partial charge in [0.15, 0.2) is 0 Å². The maximum atomic E-state index is 13.2. The number of para-hydroxylation sites is 1. The van der Waals surface area contributed by atoms with E-state index in [1.807, 2.05) is 61.5 Å². The van der Waals surface area contributed by atoms with Crippen LogP contribution in [0.25, 0.3) is 0 Å². The molecule has 1 unspecified atom stereocenters. The molecule has 0 spiro atoms. The van der Waals surface area contributed by atoms with Gasteiger partial charge in [0, 0.05) is 4.90 Å². The number of benzene rings is 3. The van der Waals surface area contributed by atoms with Gasteiger partial charge in [0.2, 0.25) is 0 Å². The average molecular weight is 382 g/mol. The maximum absolute atomic E-state index is 13.2. The fourth-order valence-electron chi connectivity index (χ4n) is 3.16. The Kier molecular flexibility index (Phi) is 4.51. The van der Waals surface area contributed by atoms with Crippen molar-refractivity contribution in [2.24, 2.45) is 0 Å². The molecule has 0 N–H and O–H groups in total. The lowest BCUT2D eigenvalue weighted by Gasteiger charge is -2.20. The van der Waals surface area contributed by atoms with E-state index in [-0.39, 0.29) is 5.25 Å². The first-order valence-corrected chi connectivity index (χ1v) is 10.8. The molecule has 0 amide bonds. The molecule has 4 rings (SSSR count). The predicted molar refractivity (Wildman–Crippen MR) is 107 cm³/mol. The monoisotopic (exact) mass is 381 g/mol. The number of sulfonamides is 1. The molecule has 1 heterocycles. The molecular formula is C21H19NO2S2. The number of hydrogen-bond acceptors (Lipinski definition) is 3. The predicted octanol–water partition coefficient (Wildman–Crippen LogP) is 5.04. The zero-order valence-corrected chi connectivity index (χ0v) is 16.0. The number of anilines is 1. The largest absolute Gasteiger partial charge is 0.265 e. The molecule has 0 aliphatic carbocycles. The van der Waals surface area contributed by atoms with Crippen LogP contribution in [0, 0.1) is 6.92 Å². The van der Waals surface area contributed by atoms with Crippen molar-refractivity contribution in [1.29, 1.82) is 0 Å². The van der Waals surface area contributed by atoms with Crippen molar-refractivity contribution in [3.8, 4) is 0 Å². The Labute approximate surface area is 158 Å². The van der Waals surface area contributed by atoms with Crippen LogP contribution in [0.4, 0.5) is 5.69 Å². The summed E-state index contributed by atoms with van der Waals surface area (Å²) >= 11 is 1.71. The second-order valence-electron chi connectivity index (χ2n) is 6.33. The van der Waals surface area contributed by atoms with E-state index in [1.165, 1.54) is 0 Å². The van der Waals surface area contributed by atoms with Crippen LogP contribution < -0.4 is 4.31 Å². The average Bonchev–Trinajstić information content (AvgIpc) is 3.02. The molecule has 0 radical (unpaired) electrons. The van der Waals surface area contributed by atoms with Crippen molar-refractivity contribution in [1.82, 2.24) is 0 Å². The lowest BCUT2D eigenvalue weighted by Crippen LogP contribution is -2.29. The van der Waals surface area contributed by atoms with Crippen LogP contribution in [0.3, 0.4) is 0 Å². The number of rotatable bonds is 4. The van der Waals surface area contributed by atoms with Crippen LogP contribution in [0.15, 0.2) is 88.7 Å². The Morgan fingerprint density at radius 3 is 2.27 bits per heavy atom.